The molecule has 0 amide bonds. The molecule has 2 N–H and O–H groups in total. The third-order valence-electron chi connectivity index (χ3n) is 5.77. The highest BCUT2D eigenvalue weighted by molar-refractivity contribution is 5.79. The molecule has 4 rings (SSSR count). The summed E-state index contributed by atoms with van der Waals surface area (Å²) in [6.45, 7) is 5.60. The van der Waals surface area contributed by atoms with Crippen LogP contribution in [0, 0.1) is 6.92 Å². The number of nitrogens with one attached hydrogen (secondary N) is 2. The third-order valence-corrected chi connectivity index (χ3v) is 5.77. The van der Waals surface area contributed by atoms with Crippen molar-refractivity contribution in [1.82, 2.24) is 20.2 Å². The molecule has 1 unspecified atom stereocenters. The smallest absolute Gasteiger partial charge is 0.191 e. The molecule has 1 aromatic heterocycles. The fourth-order valence-electron chi connectivity index (χ4n) is 3.87. The minimum atomic E-state index is 0.123. The van der Waals surface area contributed by atoms with Crippen LogP contribution in [0.3, 0.4) is 0 Å². The number of aliphatic imine (C=N–C) groups is 1. The van der Waals surface area contributed by atoms with Gasteiger partial charge in [-0.25, -0.2) is 4.98 Å². The Bertz CT molecular complexity index is 1040. The fraction of sp³-hybridized carbons (Fsp3) is 0.385. The number of rotatable bonds is 9. The first-order chi connectivity index (χ1) is 16.2. The molecule has 1 saturated heterocycles. The van der Waals surface area contributed by atoms with Crippen LogP contribution in [-0.2, 0) is 30.8 Å². The van der Waals surface area contributed by atoms with Gasteiger partial charge in [-0.15, -0.1) is 0 Å². The topological polar surface area (TPSA) is 72.7 Å². The van der Waals surface area contributed by atoms with Gasteiger partial charge in [0.1, 0.15) is 17.7 Å². The van der Waals surface area contributed by atoms with Crippen molar-refractivity contribution in [3.8, 4) is 5.75 Å². The van der Waals surface area contributed by atoms with Gasteiger partial charge in [-0.1, -0.05) is 42.5 Å². The lowest BCUT2D eigenvalue weighted by Crippen LogP contribution is -2.37. The zero-order valence-corrected chi connectivity index (χ0v) is 19.5. The average Bonchev–Trinajstić information content (AvgIpc) is 3.51. The molecule has 1 aliphatic heterocycles. The summed E-state index contributed by atoms with van der Waals surface area (Å²) in [7, 11) is 1.78. The minimum Gasteiger partial charge on any atom is -0.488 e. The van der Waals surface area contributed by atoms with Gasteiger partial charge in [0.25, 0.3) is 0 Å². The molecular weight excluding hydrogens is 414 g/mol. The molecule has 3 aromatic rings. The summed E-state index contributed by atoms with van der Waals surface area (Å²) < 4.78 is 13.9. The number of ether oxygens (including phenoxy) is 2. The van der Waals surface area contributed by atoms with E-state index in [2.05, 4.69) is 74.6 Å². The van der Waals surface area contributed by atoms with E-state index in [4.69, 9.17) is 9.47 Å². The van der Waals surface area contributed by atoms with E-state index in [1.165, 1.54) is 11.1 Å². The van der Waals surface area contributed by atoms with Crippen molar-refractivity contribution >= 4 is 5.96 Å². The van der Waals surface area contributed by atoms with Crippen molar-refractivity contribution in [2.45, 2.75) is 45.5 Å². The predicted molar refractivity (Wildman–Crippen MR) is 130 cm³/mol. The summed E-state index contributed by atoms with van der Waals surface area (Å²) in [5, 5.41) is 6.78. The fourth-order valence-corrected chi connectivity index (χ4v) is 3.87. The first kappa shape index (κ1) is 22.9. The molecular formula is C26H33N5O2. The van der Waals surface area contributed by atoms with Gasteiger partial charge in [0, 0.05) is 44.5 Å². The first-order valence-electron chi connectivity index (χ1n) is 11.5. The van der Waals surface area contributed by atoms with Crippen LogP contribution in [0.15, 0.2) is 65.9 Å². The normalized spacial score (nSPS) is 16.1. The van der Waals surface area contributed by atoms with Crippen LogP contribution in [0.5, 0.6) is 5.75 Å². The highest BCUT2D eigenvalue weighted by Gasteiger charge is 2.19. The minimum absolute atomic E-state index is 0.123. The van der Waals surface area contributed by atoms with Crippen molar-refractivity contribution in [3.05, 3.63) is 83.4 Å². The maximum absolute atomic E-state index is 6.21. The highest BCUT2D eigenvalue weighted by Crippen LogP contribution is 2.23. The van der Waals surface area contributed by atoms with Crippen LogP contribution in [0.4, 0.5) is 0 Å². The molecule has 7 heteroatoms. The molecule has 1 fully saturated rings. The lowest BCUT2D eigenvalue weighted by molar-refractivity contribution is 0.140. The molecule has 0 aliphatic carbocycles. The largest absolute Gasteiger partial charge is 0.488 e. The number of hydrogen-bond donors (Lipinski definition) is 2. The first-order valence-corrected chi connectivity index (χ1v) is 11.5. The third kappa shape index (κ3) is 6.58. The van der Waals surface area contributed by atoms with E-state index < -0.39 is 0 Å². The van der Waals surface area contributed by atoms with Gasteiger partial charge in [-0.05, 0) is 30.5 Å². The number of aryl methyl sites for hydroxylation is 3. The zero-order valence-electron chi connectivity index (χ0n) is 19.5. The molecule has 33 heavy (non-hydrogen) atoms. The number of aromatic nitrogens is 2. The Morgan fingerprint density at radius 1 is 1.18 bits per heavy atom. The molecule has 7 nitrogen and oxygen atoms in total. The van der Waals surface area contributed by atoms with E-state index in [0.29, 0.717) is 19.7 Å². The summed E-state index contributed by atoms with van der Waals surface area (Å²) in [6, 6.07) is 16.8. The van der Waals surface area contributed by atoms with E-state index in [9.17, 15) is 0 Å². The van der Waals surface area contributed by atoms with Crippen molar-refractivity contribution in [2.75, 3.05) is 20.3 Å². The molecule has 0 radical (unpaired) electrons. The molecule has 1 atom stereocenters. The van der Waals surface area contributed by atoms with Crippen molar-refractivity contribution in [3.63, 3.8) is 0 Å². The number of nitrogens with zero attached hydrogens (tertiary/aromatic N) is 3. The monoisotopic (exact) mass is 447 g/mol. The van der Waals surface area contributed by atoms with Gasteiger partial charge >= 0.3 is 0 Å². The van der Waals surface area contributed by atoms with Crippen molar-refractivity contribution < 1.29 is 9.47 Å². The average molecular weight is 448 g/mol. The Morgan fingerprint density at radius 2 is 2.03 bits per heavy atom. The van der Waals surface area contributed by atoms with Gasteiger partial charge in [0.15, 0.2) is 5.96 Å². The summed E-state index contributed by atoms with van der Waals surface area (Å²) >= 11 is 0. The van der Waals surface area contributed by atoms with E-state index in [1.807, 2.05) is 18.5 Å². The Hall–Kier alpha value is -3.32. The highest BCUT2D eigenvalue weighted by atomic mass is 16.5. The van der Waals surface area contributed by atoms with Crippen molar-refractivity contribution in [1.29, 1.82) is 0 Å². The number of benzene rings is 2. The molecule has 0 bridgehead atoms. The Balaban J connectivity index is 1.31. The van der Waals surface area contributed by atoms with Crippen LogP contribution in [0.1, 0.15) is 28.9 Å². The van der Waals surface area contributed by atoms with Crippen LogP contribution >= 0.6 is 0 Å². The van der Waals surface area contributed by atoms with E-state index >= 15 is 0 Å². The maximum atomic E-state index is 6.21. The van der Waals surface area contributed by atoms with Gasteiger partial charge in [0.2, 0.25) is 0 Å². The standard InChI is InChI=1S/C26H33N5O2/c1-20-8-9-22(24(16-20)33-23-11-15-32-19-23)17-29-26(27-2)30-18-25-28-12-14-31(25)13-10-21-6-4-3-5-7-21/h3-9,12,14,16,23H,10-11,13,15,17-19H2,1-2H3,(H2,27,29,30). The summed E-state index contributed by atoms with van der Waals surface area (Å²) in [4.78, 5) is 8.89. The van der Waals surface area contributed by atoms with E-state index in [1.54, 1.807) is 7.05 Å². The zero-order chi connectivity index (χ0) is 22.9. The molecule has 174 valence electrons. The van der Waals surface area contributed by atoms with E-state index in [-0.39, 0.29) is 6.10 Å². The van der Waals surface area contributed by atoms with E-state index in [0.717, 1.165) is 49.1 Å². The van der Waals surface area contributed by atoms with Gasteiger partial charge in [-0.3, -0.25) is 4.99 Å². The number of hydrogen-bond acceptors (Lipinski definition) is 4. The summed E-state index contributed by atoms with van der Waals surface area (Å²) in [6.07, 6.45) is 5.90. The van der Waals surface area contributed by atoms with Gasteiger partial charge < -0.3 is 24.7 Å². The SMILES string of the molecule is CN=C(NCc1ccc(C)cc1OC1CCOC1)NCc1nccn1CCc1ccccc1. The number of imidazole rings is 1. The second-order valence-corrected chi connectivity index (χ2v) is 8.27. The molecule has 1 aliphatic rings. The summed E-state index contributed by atoms with van der Waals surface area (Å²) in [5.74, 6) is 2.61. The number of guanidine groups is 1. The second-order valence-electron chi connectivity index (χ2n) is 8.27. The van der Waals surface area contributed by atoms with Gasteiger partial charge in [0.05, 0.1) is 19.8 Å². The lowest BCUT2D eigenvalue weighted by Gasteiger charge is -2.18. The maximum Gasteiger partial charge on any atom is 0.191 e. The predicted octanol–water partition coefficient (Wildman–Crippen LogP) is 3.47. The van der Waals surface area contributed by atoms with Crippen LogP contribution in [0.2, 0.25) is 0 Å². The second kappa shape index (κ2) is 11.5. The molecule has 2 aromatic carbocycles. The molecule has 0 saturated carbocycles. The Labute approximate surface area is 195 Å². The van der Waals surface area contributed by atoms with Crippen LogP contribution in [-0.4, -0.2) is 41.9 Å². The van der Waals surface area contributed by atoms with Crippen LogP contribution < -0.4 is 15.4 Å². The quantitative estimate of drug-likeness (QED) is 0.388. The molecule has 0 spiro atoms. The molecule has 2 heterocycles. The van der Waals surface area contributed by atoms with Crippen LogP contribution in [0.25, 0.3) is 0 Å². The van der Waals surface area contributed by atoms with Gasteiger partial charge in [-0.2, -0.15) is 0 Å². The Kier molecular flexibility index (Phi) is 7.98. The summed E-state index contributed by atoms with van der Waals surface area (Å²) in [5.41, 5.74) is 3.60. The Morgan fingerprint density at radius 3 is 2.82 bits per heavy atom. The van der Waals surface area contributed by atoms with Crippen molar-refractivity contribution in [2.24, 2.45) is 4.99 Å². The lowest BCUT2D eigenvalue weighted by atomic mass is 10.1.